The molecule has 0 spiro atoms. The van der Waals surface area contributed by atoms with Gasteiger partial charge in [0.15, 0.2) is 0 Å². The third-order valence-electron chi connectivity index (χ3n) is 5.69. The summed E-state index contributed by atoms with van der Waals surface area (Å²) in [5, 5.41) is 10.1. The Morgan fingerprint density at radius 1 is 1.05 bits per heavy atom. The molecule has 4 aromatic rings. The van der Waals surface area contributed by atoms with E-state index in [4.69, 9.17) is 16.3 Å². The first-order valence-electron chi connectivity index (χ1n) is 11.3. The van der Waals surface area contributed by atoms with Gasteiger partial charge in [-0.15, -0.1) is 0 Å². The highest BCUT2D eigenvalue weighted by molar-refractivity contribution is 6.31. The third kappa shape index (κ3) is 5.16. The second-order valence-electron chi connectivity index (χ2n) is 9.17. The van der Waals surface area contributed by atoms with Crippen LogP contribution in [0.1, 0.15) is 42.1 Å². The summed E-state index contributed by atoms with van der Waals surface area (Å²) in [6, 6.07) is 4.49. The molecule has 11 heteroatoms. The molecule has 0 fully saturated rings. The Hall–Kier alpha value is -3.89. The maximum absolute atomic E-state index is 14.1. The number of hydrogen-bond acceptors (Lipinski definition) is 7. The number of aromatic nitrogens is 5. The lowest BCUT2D eigenvalue weighted by molar-refractivity contribution is 0.0718. The molecule has 192 valence electrons. The zero-order chi connectivity index (χ0) is 27.1. The molecule has 1 N–H and O–H groups in total. The summed E-state index contributed by atoms with van der Waals surface area (Å²) in [5.41, 5.74) is -0.260. The van der Waals surface area contributed by atoms with E-state index < -0.39 is 22.5 Å². The van der Waals surface area contributed by atoms with E-state index in [2.05, 4.69) is 15.0 Å². The summed E-state index contributed by atoms with van der Waals surface area (Å²) in [5.74, 6) is -0.198. The van der Waals surface area contributed by atoms with Crippen molar-refractivity contribution in [2.45, 2.75) is 46.8 Å². The molecule has 0 unspecified atom stereocenters. The maximum Gasteiger partial charge on any atom is 0.280 e. The van der Waals surface area contributed by atoms with E-state index in [1.807, 2.05) is 0 Å². The van der Waals surface area contributed by atoms with Crippen molar-refractivity contribution in [2.75, 3.05) is 0 Å². The van der Waals surface area contributed by atoms with Gasteiger partial charge in [-0.1, -0.05) is 11.6 Å². The average molecular weight is 526 g/mol. The zero-order valence-corrected chi connectivity index (χ0v) is 21.7. The number of ether oxygens (including phenoxy) is 1. The number of aliphatic hydroxyl groups is 1. The quantitative estimate of drug-likeness (QED) is 0.408. The molecular weight excluding hydrogens is 501 g/mol. The standard InChI is InChI=1S/C26H25ClFN5O4/c1-14-8-17(28)18(30-11-14)13-37-20-9-16(3)33(24(34)22(20)27)19-10-21(31-12-15(19)2)32-7-6-29-23(25(32)35)26(4,5)36/h6-12,36H,13H2,1-5H3. The lowest BCUT2D eigenvalue weighted by Gasteiger charge is -2.18. The fourth-order valence-corrected chi connectivity index (χ4v) is 3.98. The van der Waals surface area contributed by atoms with Gasteiger partial charge in [-0.2, -0.15) is 0 Å². The molecule has 0 aliphatic heterocycles. The van der Waals surface area contributed by atoms with Crippen LogP contribution >= 0.6 is 11.6 Å². The van der Waals surface area contributed by atoms with Crippen molar-refractivity contribution in [2.24, 2.45) is 0 Å². The van der Waals surface area contributed by atoms with Crippen molar-refractivity contribution in [3.63, 3.8) is 0 Å². The number of aryl methyl sites for hydroxylation is 3. The minimum absolute atomic E-state index is 0.0451. The van der Waals surface area contributed by atoms with Crippen molar-refractivity contribution < 1.29 is 14.2 Å². The average Bonchev–Trinajstić information content (AvgIpc) is 2.82. The highest BCUT2D eigenvalue weighted by Gasteiger charge is 2.24. The van der Waals surface area contributed by atoms with Crippen LogP contribution in [0.25, 0.3) is 11.5 Å². The molecule has 0 atom stereocenters. The van der Waals surface area contributed by atoms with Gasteiger partial charge in [0.25, 0.3) is 11.1 Å². The Morgan fingerprint density at radius 2 is 1.78 bits per heavy atom. The van der Waals surface area contributed by atoms with Crippen LogP contribution in [0.15, 0.2) is 52.6 Å². The van der Waals surface area contributed by atoms with Crippen molar-refractivity contribution in [1.82, 2.24) is 24.1 Å². The fraction of sp³-hybridized carbons (Fsp3) is 0.269. The van der Waals surface area contributed by atoms with Crippen molar-refractivity contribution in [1.29, 1.82) is 0 Å². The van der Waals surface area contributed by atoms with Gasteiger partial charge in [0, 0.05) is 42.6 Å². The van der Waals surface area contributed by atoms with Gasteiger partial charge in [-0.25, -0.2) is 9.37 Å². The highest BCUT2D eigenvalue weighted by atomic mass is 35.5. The van der Waals surface area contributed by atoms with Crippen molar-refractivity contribution >= 4 is 11.6 Å². The SMILES string of the molecule is Cc1cnc(COc2cc(C)n(-c3cc(-n4ccnc(C(C)(C)O)c4=O)ncc3C)c(=O)c2Cl)c(F)c1. The molecule has 4 heterocycles. The van der Waals surface area contributed by atoms with Crippen molar-refractivity contribution in [3.05, 3.63) is 103 Å². The summed E-state index contributed by atoms with van der Waals surface area (Å²) in [6.45, 7) is 7.91. The molecule has 0 saturated carbocycles. The van der Waals surface area contributed by atoms with E-state index in [-0.39, 0.29) is 34.6 Å². The molecule has 0 amide bonds. The largest absolute Gasteiger partial charge is 0.485 e. The van der Waals surface area contributed by atoms with Gasteiger partial charge < -0.3 is 9.84 Å². The number of pyridine rings is 3. The van der Waals surface area contributed by atoms with E-state index in [0.717, 1.165) is 0 Å². The zero-order valence-electron chi connectivity index (χ0n) is 20.9. The van der Waals surface area contributed by atoms with Gasteiger partial charge in [0.2, 0.25) is 0 Å². The van der Waals surface area contributed by atoms with E-state index in [9.17, 15) is 19.1 Å². The van der Waals surface area contributed by atoms with Crippen LogP contribution in [0.4, 0.5) is 4.39 Å². The molecule has 0 aliphatic carbocycles. The molecule has 0 saturated heterocycles. The minimum Gasteiger partial charge on any atom is -0.485 e. The smallest absolute Gasteiger partial charge is 0.280 e. The van der Waals surface area contributed by atoms with Crippen LogP contribution < -0.4 is 15.9 Å². The molecular formula is C26H25ClFN5O4. The molecule has 4 rings (SSSR count). The first kappa shape index (κ1) is 26.2. The van der Waals surface area contributed by atoms with Crippen LogP contribution in [0.5, 0.6) is 5.75 Å². The van der Waals surface area contributed by atoms with Gasteiger partial charge in [0.1, 0.15) is 46.0 Å². The first-order valence-corrected chi connectivity index (χ1v) is 11.7. The summed E-state index contributed by atoms with van der Waals surface area (Å²) in [4.78, 5) is 38.7. The molecule has 0 aliphatic rings. The number of nitrogens with zero attached hydrogens (tertiary/aromatic N) is 5. The van der Waals surface area contributed by atoms with Crippen LogP contribution in [-0.4, -0.2) is 29.2 Å². The molecule has 4 aromatic heterocycles. The van der Waals surface area contributed by atoms with Gasteiger partial charge in [0.05, 0.1) is 5.69 Å². The Balaban J connectivity index is 1.76. The highest BCUT2D eigenvalue weighted by Crippen LogP contribution is 2.26. The van der Waals surface area contributed by atoms with E-state index in [1.54, 1.807) is 32.9 Å². The second kappa shape index (κ2) is 9.87. The van der Waals surface area contributed by atoms with Gasteiger partial charge in [-0.3, -0.25) is 28.7 Å². The van der Waals surface area contributed by atoms with Crippen LogP contribution in [0.3, 0.4) is 0 Å². The maximum atomic E-state index is 14.1. The summed E-state index contributed by atoms with van der Waals surface area (Å²) in [6.07, 6.45) is 5.87. The second-order valence-corrected chi connectivity index (χ2v) is 9.55. The van der Waals surface area contributed by atoms with Crippen LogP contribution in [-0.2, 0) is 12.2 Å². The molecule has 0 aromatic carbocycles. The number of halogens is 2. The fourth-order valence-electron chi connectivity index (χ4n) is 3.79. The van der Waals surface area contributed by atoms with E-state index >= 15 is 0 Å². The summed E-state index contributed by atoms with van der Waals surface area (Å²) < 4.78 is 22.4. The number of hydrogen-bond donors (Lipinski definition) is 1. The molecule has 37 heavy (non-hydrogen) atoms. The van der Waals surface area contributed by atoms with Crippen LogP contribution in [0.2, 0.25) is 5.02 Å². The van der Waals surface area contributed by atoms with Gasteiger partial charge in [-0.05, 0) is 51.8 Å². The number of rotatable bonds is 6. The lowest BCUT2D eigenvalue weighted by atomic mass is 10.1. The predicted molar refractivity (Wildman–Crippen MR) is 136 cm³/mol. The molecule has 9 nitrogen and oxygen atoms in total. The van der Waals surface area contributed by atoms with Crippen molar-refractivity contribution in [3.8, 4) is 17.3 Å². The van der Waals surface area contributed by atoms with E-state index in [0.29, 0.717) is 22.5 Å². The monoisotopic (exact) mass is 525 g/mol. The summed E-state index contributed by atoms with van der Waals surface area (Å²) >= 11 is 6.38. The predicted octanol–water partition coefficient (Wildman–Crippen LogP) is 3.70. The Kier molecular flexibility index (Phi) is 6.98. The Labute approximate surface area is 216 Å². The lowest BCUT2D eigenvalue weighted by Crippen LogP contribution is -2.33. The minimum atomic E-state index is -1.46. The topological polar surface area (TPSA) is 112 Å². The van der Waals surface area contributed by atoms with Crippen LogP contribution in [0, 0.1) is 26.6 Å². The first-order chi connectivity index (χ1) is 17.4. The Bertz CT molecular complexity index is 1630. The Morgan fingerprint density at radius 3 is 2.46 bits per heavy atom. The summed E-state index contributed by atoms with van der Waals surface area (Å²) in [7, 11) is 0. The molecule has 0 radical (unpaired) electrons. The third-order valence-corrected chi connectivity index (χ3v) is 6.03. The molecule has 0 bridgehead atoms. The normalized spacial score (nSPS) is 11.6. The van der Waals surface area contributed by atoms with Gasteiger partial charge >= 0.3 is 0 Å². The van der Waals surface area contributed by atoms with E-state index in [1.165, 1.54) is 53.8 Å².